The topological polar surface area (TPSA) is 131 Å². The number of aryl methyl sites for hydroxylation is 1. The summed E-state index contributed by atoms with van der Waals surface area (Å²) in [5.74, 6) is 1.59. The molecule has 12 heteroatoms. The van der Waals surface area contributed by atoms with Gasteiger partial charge in [0.25, 0.3) is 10.2 Å². The van der Waals surface area contributed by atoms with Crippen molar-refractivity contribution in [1.29, 1.82) is 0 Å². The van der Waals surface area contributed by atoms with Crippen LogP contribution >= 0.6 is 11.6 Å². The van der Waals surface area contributed by atoms with Crippen LogP contribution in [0.1, 0.15) is 12.8 Å². The van der Waals surface area contributed by atoms with Crippen molar-refractivity contribution in [2.75, 3.05) is 23.7 Å². The molecule has 0 bridgehead atoms. The first-order valence-corrected chi connectivity index (χ1v) is 10.5. The van der Waals surface area contributed by atoms with Crippen LogP contribution in [0.2, 0.25) is 5.02 Å². The zero-order valence-electron chi connectivity index (χ0n) is 14.7. The van der Waals surface area contributed by atoms with Crippen molar-refractivity contribution in [3.05, 3.63) is 23.6 Å². The van der Waals surface area contributed by atoms with Crippen LogP contribution < -0.4 is 15.8 Å². The maximum atomic E-state index is 11.5. The summed E-state index contributed by atoms with van der Waals surface area (Å²) in [4.78, 5) is 8.65. The summed E-state index contributed by atoms with van der Waals surface area (Å²) in [7, 11) is -1.78. The van der Waals surface area contributed by atoms with E-state index in [4.69, 9.17) is 16.7 Å². The van der Waals surface area contributed by atoms with Gasteiger partial charge in [0.2, 0.25) is 5.95 Å². The molecule has 3 heterocycles. The highest BCUT2D eigenvalue weighted by Crippen LogP contribution is 2.40. The molecule has 2 unspecified atom stereocenters. The molecule has 10 nitrogen and oxygen atoms in total. The largest absolute Gasteiger partial charge is 0.366 e. The zero-order chi connectivity index (χ0) is 19.2. The minimum absolute atomic E-state index is 0.182. The molecule has 27 heavy (non-hydrogen) atoms. The second-order valence-electron chi connectivity index (χ2n) is 7.11. The Kier molecular flexibility index (Phi) is 4.70. The Morgan fingerprint density at radius 1 is 1.26 bits per heavy atom. The maximum Gasteiger partial charge on any atom is 0.276 e. The van der Waals surface area contributed by atoms with Crippen LogP contribution in [-0.2, 0) is 17.3 Å². The second-order valence-corrected chi connectivity index (χ2v) is 9.07. The minimum Gasteiger partial charge on any atom is -0.366 e. The third kappa shape index (κ3) is 4.00. The van der Waals surface area contributed by atoms with E-state index in [0.29, 0.717) is 41.7 Å². The van der Waals surface area contributed by atoms with Crippen LogP contribution in [0.25, 0.3) is 0 Å². The van der Waals surface area contributed by atoms with Crippen LogP contribution in [0.3, 0.4) is 0 Å². The van der Waals surface area contributed by atoms with Crippen molar-refractivity contribution in [3.8, 4) is 0 Å². The number of nitrogens with zero attached hydrogens (tertiary/aromatic N) is 5. The second kappa shape index (κ2) is 6.89. The molecular weight excluding hydrogens is 392 g/mol. The normalized spacial score (nSPS) is 25.5. The molecule has 0 spiro atoms. The molecule has 1 saturated heterocycles. The lowest BCUT2D eigenvalue weighted by atomic mass is 10.0. The first-order chi connectivity index (χ1) is 12.8. The van der Waals surface area contributed by atoms with E-state index < -0.39 is 10.2 Å². The van der Waals surface area contributed by atoms with Crippen molar-refractivity contribution in [3.63, 3.8) is 0 Å². The predicted octanol–water partition coefficient (Wildman–Crippen LogP) is 0.933. The Hall–Kier alpha value is -1.95. The highest BCUT2D eigenvalue weighted by Gasteiger charge is 2.43. The average molecular weight is 413 g/mol. The maximum absolute atomic E-state index is 11.5. The van der Waals surface area contributed by atoms with Gasteiger partial charge < -0.3 is 10.6 Å². The molecule has 1 saturated carbocycles. The van der Waals surface area contributed by atoms with Crippen molar-refractivity contribution < 1.29 is 8.42 Å². The van der Waals surface area contributed by atoms with Gasteiger partial charge in [-0.2, -0.15) is 22.8 Å². The molecule has 2 atom stereocenters. The number of nitrogens with two attached hydrogens (primary N) is 1. The lowest BCUT2D eigenvalue weighted by Gasteiger charge is -2.18. The van der Waals surface area contributed by atoms with Crippen LogP contribution in [0.5, 0.6) is 0 Å². The van der Waals surface area contributed by atoms with Crippen molar-refractivity contribution >= 4 is 39.3 Å². The van der Waals surface area contributed by atoms with Gasteiger partial charge in [0.05, 0.1) is 18.1 Å². The summed E-state index contributed by atoms with van der Waals surface area (Å²) in [6.45, 7) is 0.958. The number of nitrogens with one attached hydrogen (secondary N) is 2. The highest BCUT2D eigenvalue weighted by molar-refractivity contribution is 7.86. The summed E-state index contributed by atoms with van der Waals surface area (Å²) in [6.07, 6.45) is 6.75. The molecule has 0 radical (unpaired) electrons. The molecule has 2 aromatic rings. The van der Waals surface area contributed by atoms with Gasteiger partial charge in [-0.1, -0.05) is 11.6 Å². The highest BCUT2D eigenvalue weighted by atomic mass is 35.5. The summed E-state index contributed by atoms with van der Waals surface area (Å²) in [6, 6.07) is 0.182. The number of rotatable bonds is 5. The number of hydrogen-bond donors (Lipinski definition) is 3. The molecule has 4 N–H and O–H groups in total. The lowest BCUT2D eigenvalue weighted by molar-refractivity contribution is 0.440. The fourth-order valence-corrected chi connectivity index (χ4v) is 4.86. The molecule has 0 aromatic carbocycles. The van der Waals surface area contributed by atoms with Crippen LogP contribution in [0, 0.1) is 11.8 Å². The Labute approximate surface area is 162 Å². The standard InChI is InChI=1S/C15H21ClN8O2S/c1-23-8-12(4-19-23)21-15-18-5-13(16)14(22-15)20-11-2-9-6-24(27(17,25)26)7-10(9)3-11/h4-5,8-11H,2-3,6-7H2,1H3,(H2,17,25,26)(H2,18,20,21,22). The fourth-order valence-electron chi connectivity index (χ4n) is 3.92. The van der Waals surface area contributed by atoms with Crippen LogP contribution in [0.15, 0.2) is 18.6 Å². The number of anilines is 3. The van der Waals surface area contributed by atoms with E-state index in [9.17, 15) is 8.42 Å². The van der Waals surface area contributed by atoms with E-state index in [0.717, 1.165) is 18.5 Å². The molecule has 2 aromatic heterocycles. The first-order valence-electron chi connectivity index (χ1n) is 8.60. The van der Waals surface area contributed by atoms with E-state index in [2.05, 4.69) is 25.7 Å². The number of fused-ring (bicyclic) bond motifs is 1. The van der Waals surface area contributed by atoms with Gasteiger partial charge in [0.1, 0.15) is 5.02 Å². The average Bonchev–Trinajstić information content (AvgIpc) is 3.25. The van der Waals surface area contributed by atoms with Crippen LogP contribution in [-0.4, -0.2) is 51.6 Å². The fraction of sp³-hybridized carbons (Fsp3) is 0.533. The van der Waals surface area contributed by atoms with Crippen LogP contribution in [0.4, 0.5) is 17.5 Å². The SMILES string of the molecule is Cn1cc(Nc2ncc(Cl)c(NC3CC4CN(S(N)(=O)=O)CC4C3)n2)cn1. The Bertz CT molecular complexity index is 935. The van der Waals surface area contributed by atoms with Crippen molar-refractivity contribution in [1.82, 2.24) is 24.1 Å². The smallest absolute Gasteiger partial charge is 0.276 e. The number of halogens is 1. The van der Waals surface area contributed by atoms with E-state index in [-0.39, 0.29) is 6.04 Å². The third-order valence-corrected chi connectivity index (χ3v) is 6.42. The molecule has 2 fully saturated rings. The molecule has 2 aliphatic rings. The van der Waals surface area contributed by atoms with Crippen molar-refractivity contribution in [2.24, 2.45) is 24.0 Å². The summed E-state index contributed by atoms with van der Waals surface area (Å²) in [5, 5.41) is 16.2. The molecular formula is C15H21ClN8O2S. The summed E-state index contributed by atoms with van der Waals surface area (Å²) >= 11 is 6.25. The Balaban J connectivity index is 1.41. The quantitative estimate of drug-likeness (QED) is 0.665. The van der Waals surface area contributed by atoms with E-state index in [1.54, 1.807) is 17.1 Å². The minimum atomic E-state index is -3.61. The molecule has 0 amide bonds. The third-order valence-electron chi connectivity index (χ3n) is 5.12. The van der Waals surface area contributed by atoms with Gasteiger partial charge in [-0.05, 0) is 24.7 Å². The van der Waals surface area contributed by atoms with Crippen molar-refractivity contribution in [2.45, 2.75) is 18.9 Å². The van der Waals surface area contributed by atoms with E-state index >= 15 is 0 Å². The molecule has 1 aliphatic carbocycles. The van der Waals surface area contributed by atoms with Gasteiger partial charge in [-0.25, -0.2) is 10.1 Å². The van der Waals surface area contributed by atoms with Gasteiger partial charge in [0, 0.05) is 32.4 Å². The molecule has 1 aliphatic heterocycles. The Morgan fingerprint density at radius 3 is 2.56 bits per heavy atom. The molecule has 146 valence electrons. The number of hydrogen-bond acceptors (Lipinski definition) is 7. The predicted molar refractivity (Wildman–Crippen MR) is 102 cm³/mol. The summed E-state index contributed by atoms with van der Waals surface area (Å²) in [5.41, 5.74) is 0.782. The van der Waals surface area contributed by atoms with Gasteiger partial charge in [-0.15, -0.1) is 0 Å². The zero-order valence-corrected chi connectivity index (χ0v) is 16.3. The van der Waals surface area contributed by atoms with Gasteiger partial charge >= 0.3 is 0 Å². The summed E-state index contributed by atoms with van der Waals surface area (Å²) < 4.78 is 26.1. The van der Waals surface area contributed by atoms with Gasteiger partial charge in [0.15, 0.2) is 5.82 Å². The Morgan fingerprint density at radius 2 is 1.96 bits per heavy atom. The molecule has 4 rings (SSSR count). The lowest BCUT2D eigenvalue weighted by Crippen LogP contribution is -2.36. The van der Waals surface area contributed by atoms with E-state index in [1.807, 2.05) is 13.2 Å². The van der Waals surface area contributed by atoms with E-state index in [1.165, 1.54) is 4.31 Å². The first kappa shape index (κ1) is 18.4. The monoisotopic (exact) mass is 412 g/mol. The number of aromatic nitrogens is 4. The van der Waals surface area contributed by atoms with Gasteiger partial charge in [-0.3, -0.25) is 4.68 Å².